The van der Waals surface area contributed by atoms with Crippen LogP contribution in [0.3, 0.4) is 0 Å². The number of rotatable bonds is 3. The molecule has 0 saturated heterocycles. The van der Waals surface area contributed by atoms with Gasteiger partial charge in [-0.2, -0.15) is 0 Å². The van der Waals surface area contributed by atoms with E-state index in [1.807, 2.05) is 23.6 Å². The number of carbonyl (C=O) groups excluding carboxylic acids is 1. The molecule has 1 aromatic carbocycles. The first-order valence-electron chi connectivity index (χ1n) is 3.96. The highest BCUT2D eigenvalue weighted by molar-refractivity contribution is 5.83. The molecule has 0 radical (unpaired) electrons. The minimum Gasteiger partial charge on any atom is -0.395 e. The molecule has 0 fully saturated rings. The average molecular weight is 180 g/mol. The highest BCUT2D eigenvalue weighted by atomic mass is 16.3. The molecule has 4 N–H and O–H groups in total. The third-order valence-electron chi connectivity index (χ3n) is 1.84. The molecule has 1 rings (SSSR count). The number of carbonyl (C=O) groups is 1. The Kier molecular flexibility index (Phi) is 3.42. The van der Waals surface area contributed by atoms with E-state index in [-0.39, 0.29) is 12.5 Å². The van der Waals surface area contributed by atoms with Crippen molar-refractivity contribution in [2.75, 3.05) is 6.61 Å². The third kappa shape index (κ3) is 2.27. The molecule has 1 atom stereocenters. The second kappa shape index (κ2) is 4.59. The summed E-state index contributed by atoms with van der Waals surface area (Å²) in [6.45, 7) is -0.243. The summed E-state index contributed by atoms with van der Waals surface area (Å²) in [6, 6.07) is 9.01. The van der Waals surface area contributed by atoms with Crippen LogP contribution in [-0.4, -0.2) is 17.6 Å². The first-order chi connectivity index (χ1) is 6.29. The molecule has 0 aliphatic carbocycles. The zero-order chi connectivity index (χ0) is 9.68. The van der Waals surface area contributed by atoms with Crippen molar-refractivity contribution >= 4 is 5.91 Å². The predicted molar refractivity (Wildman–Crippen MR) is 48.6 cm³/mol. The summed E-state index contributed by atoms with van der Waals surface area (Å²) in [4.78, 5) is 11.1. The second-order valence-corrected chi connectivity index (χ2v) is 2.65. The average Bonchev–Trinajstić information content (AvgIpc) is 2.20. The molecule has 1 amide bonds. The highest BCUT2D eigenvalue weighted by Crippen LogP contribution is 2.13. The molecule has 0 spiro atoms. The lowest BCUT2D eigenvalue weighted by molar-refractivity contribution is -0.123. The Hall–Kier alpha value is -1.39. The Morgan fingerprint density at radius 2 is 2.08 bits per heavy atom. The standard InChI is InChI=1S/C9H12N2O2/c10-11-9(13)8(6-12)7-4-2-1-3-5-7/h1-5,8,12H,6,10H2,(H,11,13). The van der Waals surface area contributed by atoms with E-state index in [0.717, 1.165) is 5.56 Å². The van der Waals surface area contributed by atoms with Crippen LogP contribution in [0.25, 0.3) is 0 Å². The van der Waals surface area contributed by atoms with E-state index in [9.17, 15) is 4.79 Å². The largest absolute Gasteiger partial charge is 0.395 e. The van der Waals surface area contributed by atoms with Gasteiger partial charge in [0.1, 0.15) is 0 Å². The maximum absolute atomic E-state index is 11.1. The quantitative estimate of drug-likeness (QED) is 0.341. The summed E-state index contributed by atoms with van der Waals surface area (Å²) in [5, 5.41) is 8.96. The van der Waals surface area contributed by atoms with Gasteiger partial charge < -0.3 is 5.11 Å². The van der Waals surface area contributed by atoms with Gasteiger partial charge in [-0.05, 0) is 5.56 Å². The number of aliphatic hydroxyl groups is 1. The molecule has 0 aromatic heterocycles. The number of nitrogens with one attached hydrogen (secondary N) is 1. The number of hydrazine groups is 1. The van der Waals surface area contributed by atoms with Crippen molar-refractivity contribution < 1.29 is 9.90 Å². The zero-order valence-corrected chi connectivity index (χ0v) is 7.10. The summed E-state index contributed by atoms with van der Waals surface area (Å²) in [5.74, 6) is 4.02. The van der Waals surface area contributed by atoms with Gasteiger partial charge in [-0.1, -0.05) is 30.3 Å². The molecule has 4 heteroatoms. The Morgan fingerprint density at radius 1 is 1.46 bits per heavy atom. The molecule has 0 saturated carbocycles. The Bertz CT molecular complexity index is 274. The summed E-state index contributed by atoms with van der Waals surface area (Å²) < 4.78 is 0. The lowest BCUT2D eigenvalue weighted by Gasteiger charge is -2.11. The summed E-state index contributed by atoms with van der Waals surface area (Å²) >= 11 is 0. The Labute approximate surface area is 76.3 Å². The van der Waals surface area contributed by atoms with E-state index >= 15 is 0 Å². The first-order valence-corrected chi connectivity index (χ1v) is 3.96. The molecule has 4 nitrogen and oxygen atoms in total. The Balaban J connectivity index is 2.85. The van der Waals surface area contributed by atoms with Gasteiger partial charge in [-0.25, -0.2) is 5.84 Å². The lowest BCUT2D eigenvalue weighted by Crippen LogP contribution is -2.36. The van der Waals surface area contributed by atoms with E-state index in [0.29, 0.717) is 0 Å². The number of benzene rings is 1. The second-order valence-electron chi connectivity index (χ2n) is 2.65. The van der Waals surface area contributed by atoms with Gasteiger partial charge in [-0.3, -0.25) is 10.2 Å². The maximum Gasteiger partial charge on any atom is 0.243 e. The van der Waals surface area contributed by atoms with E-state index in [2.05, 4.69) is 0 Å². The SMILES string of the molecule is NNC(=O)C(CO)c1ccccc1. The van der Waals surface area contributed by atoms with Gasteiger partial charge >= 0.3 is 0 Å². The summed E-state index contributed by atoms with van der Waals surface area (Å²) in [7, 11) is 0. The monoisotopic (exact) mass is 180 g/mol. The van der Waals surface area contributed by atoms with E-state index in [4.69, 9.17) is 10.9 Å². The van der Waals surface area contributed by atoms with Crippen molar-refractivity contribution in [1.82, 2.24) is 5.43 Å². The number of aliphatic hydroxyl groups excluding tert-OH is 1. The van der Waals surface area contributed by atoms with Crippen LogP contribution in [0.1, 0.15) is 11.5 Å². The van der Waals surface area contributed by atoms with Crippen LogP contribution in [0.15, 0.2) is 30.3 Å². The molecular weight excluding hydrogens is 168 g/mol. The fraction of sp³-hybridized carbons (Fsp3) is 0.222. The predicted octanol–water partition coefficient (Wildman–Crippen LogP) is -0.248. The molecular formula is C9H12N2O2. The molecule has 0 aliphatic rings. The van der Waals surface area contributed by atoms with Gasteiger partial charge in [0.25, 0.3) is 0 Å². The Morgan fingerprint density at radius 3 is 2.54 bits per heavy atom. The molecule has 0 bridgehead atoms. The maximum atomic E-state index is 11.1. The molecule has 0 heterocycles. The smallest absolute Gasteiger partial charge is 0.243 e. The van der Waals surface area contributed by atoms with Crippen LogP contribution in [0.4, 0.5) is 0 Å². The molecule has 0 aliphatic heterocycles. The zero-order valence-electron chi connectivity index (χ0n) is 7.10. The molecule has 1 unspecified atom stereocenters. The van der Waals surface area contributed by atoms with Crippen LogP contribution in [0.2, 0.25) is 0 Å². The molecule has 1 aromatic rings. The van der Waals surface area contributed by atoms with Gasteiger partial charge in [0.05, 0.1) is 12.5 Å². The van der Waals surface area contributed by atoms with E-state index in [1.165, 1.54) is 0 Å². The first kappa shape index (κ1) is 9.70. The number of amides is 1. The van der Waals surface area contributed by atoms with Crippen molar-refractivity contribution in [3.63, 3.8) is 0 Å². The van der Waals surface area contributed by atoms with Gasteiger partial charge in [0.15, 0.2) is 0 Å². The minimum atomic E-state index is -0.578. The van der Waals surface area contributed by atoms with Crippen LogP contribution >= 0.6 is 0 Å². The lowest BCUT2D eigenvalue weighted by atomic mass is 10.00. The summed E-state index contributed by atoms with van der Waals surface area (Å²) in [5.41, 5.74) is 2.77. The topological polar surface area (TPSA) is 75.3 Å². The number of hydrogen-bond acceptors (Lipinski definition) is 3. The van der Waals surface area contributed by atoms with Gasteiger partial charge in [0, 0.05) is 0 Å². The van der Waals surface area contributed by atoms with Crippen LogP contribution in [0, 0.1) is 0 Å². The van der Waals surface area contributed by atoms with Crippen LogP contribution < -0.4 is 11.3 Å². The van der Waals surface area contributed by atoms with Crippen LogP contribution in [-0.2, 0) is 4.79 Å². The molecule has 70 valence electrons. The van der Waals surface area contributed by atoms with Crippen LogP contribution in [0.5, 0.6) is 0 Å². The van der Waals surface area contributed by atoms with E-state index < -0.39 is 5.92 Å². The highest BCUT2D eigenvalue weighted by Gasteiger charge is 2.17. The normalized spacial score (nSPS) is 12.2. The fourth-order valence-corrected chi connectivity index (χ4v) is 1.13. The number of hydrogen-bond donors (Lipinski definition) is 3. The van der Waals surface area contributed by atoms with E-state index in [1.54, 1.807) is 12.1 Å². The van der Waals surface area contributed by atoms with Crippen molar-refractivity contribution in [3.05, 3.63) is 35.9 Å². The summed E-state index contributed by atoms with van der Waals surface area (Å²) in [6.07, 6.45) is 0. The van der Waals surface area contributed by atoms with Gasteiger partial charge in [-0.15, -0.1) is 0 Å². The van der Waals surface area contributed by atoms with Crippen molar-refractivity contribution in [1.29, 1.82) is 0 Å². The van der Waals surface area contributed by atoms with Crippen molar-refractivity contribution in [2.45, 2.75) is 5.92 Å². The fourth-order valence-electron chi connectivity index (χ4n) is 1.13. The molecule has 13 heavy (non-hydrogen) atoms. The minimum absolute atomic E-state index is 0.243. The third-order valence-corrected chi connectivity index (χ3v) is 1.84. The van der Waals surface area contributed by atoms with Crippen molar-refractivity contribution in [2.24, 2.45) is 5.84 Å². The van der Waals surface area contributed by atoms with Crippen molar-refractivity contribution in [3.8, 4) is 0 Å². The number of nitrogens with two attached hydrogens (primary N) is 1. The van der Waals surface area contributed by atoms with Gasteiger partial charge in [0.2, 0.25) is 5.91 Å².